The summed E-state index contributed by atoms with van der Waals surface area (Å²) in [4.78, 5) is 13.2. The molecule has 20 heavy (non-hydrogen) atoms. The lowest BCUT2D eigenvalue weighted by atomic mass is 10.0. The molecule has 0 saturated heterocycles. The van der Waals surface area contributed by atoms with Crippen molar-refractivity contribution in [1.29, 1.82) is 0 Å². The maximum atomic E-state index is 13.0. The number of ether oxygens (including phenoxy) is 2. The molecule has 2 N–H and O–H groups in total. The summed E-state index contributed by atoms with van der Waals surface area (Å²) in [5.41, 5.74) is -1.24. The van der Waals surface area contributed by atoms with Gasteiger partial charge in [0.25, 0.3) is 12.0 Å². The number of alkyl halides is 2. The van der Waals surface area contributed by atoms with Crippen molar-refractivity contribution in [3.8, 4) is 28.4 Å². The van der Waals surface area contributed by atoms with Crippen LogP contribution >= 0.6 is 0 Å². The van der Waals surface area contributed by atoms with Crippen molar-refractivity contribution in [3.63, 3.8) is 0 Å². The van der Waals surface area contributed by atoms with Crippen LogP contribution in [0.15, 0.2) is 29.1 Å². The second-order valence-corrected chi connectivity index (χ2v) is 4.18. The van der Waals surface area contributed by atoms with Gasteiger partial charge in [0, 0.05) is 11.6 Å². The van der Waals surface area contributed by atoms with Gasteiger partial charge in [0.1, 0.15) is 5.75 Å². The average Bonchev–Trinajstić information content (AvgIpc) is 2.84. The number of hydrogen-bond donors (Lipinski definition) is 2. The van der Waals surface area contributed by atoms with Crippen LogP contribution in [0.4, 0.5) is 8.78 Å². The number of fused-ring (bicyclic) bond motifs is 1. The summed E-state index contributed by atoms with van der Waals surface area (Å²) in [5.74, 6) is 0.382. The third kappa shape index (κ3) is 1.97. The number of nitrogens with one attached hydrogen (secondary N) is 1. The SMILES string of the molecule is O=c1cc(O)c(-c2ccc3c(c2)OCO3)c(C(F)F)[nH]1. The van der Waals surface area contributed by atoms with Crippen LogP contribution in [-0.4, -0.2) is 16.9 Å². The number of aromatic amines is 1. The van der Waals surface area contributed by atoms with Crippen molar-refractivity contribution in [2.24, 2.45) is 0 Å². The van der Waals surface area contributed by atoms with Crippen molar-refractivity contribution >= 4 is 0 Å². The molecule has 1 aromatic carbocycles. The minimum Gasteiger partial charge on any atom is -0.507 e. The predicted molar refractivity (Wildman–Crippen MR) is 65.2 cm³/mol. The highest BCUT2D eigenvalue weighted by molar-refractivity contribution is 5.74. The fourth-order valence-electron chi connectivity index (χ4n) is 2.08. The van der Waals surface area contributed by atoms with E-state index in [0.717, 1.165) is 6.07 Å². The number of H-pyrrole nitrogens is 1. The Morgan fingerprint density at radius 1 is 1.20 bits per heavy atom. The molecular formula is C13H9F2NO4. The zero-order valence-electron chi connectivity index (χ0n) is 10.0. The van der Waals surface area contributed by atoms with E-state index in [-0.39, 0.29) is 12.4 Å². The lowest BCUT2D eigenvalue weighted by Crippen LogP contribution is -2.09. The molecule has 0 spiro atoms. The van der Waals surface area contributed by atoms with Gasteiger partial charge in [0.05, 0.1) is 5.69 Å². The van der Waals surface area contributed by atoms with Gasteiger partial charge >= 0.3 is 0 Å². The quantitative estimate of drug-likeness (QED) is 0.886. The van der Waals surface area contributed by atoms with E-state index in [4.69, 9.17) is 9.47 Å². The summed E-state index contributed by atoms with van der Waals surface area (Å²) in [5, 5.41) is 9.80. The molecule has 1 aliphatic heterocycles. The minimum atomic E-state index is -2.92. The highest BCUT2D eigenvalue weighted by atomic mass is 19.3. The van der Waals surface area contributed by atoms with Gasteiger partial charge in [-0.25, -0.2) is 8.78 Å². The van der Waals surface area contributed by atoms with Crippen molar-refractivity contribution in [3.05, 3.63) is 40.3 Å². The molecule has 0 unspecified atom stereocenters. The van der Waals surface area contributed by atoms with Crippen LogP contribution in [0.1, 0.15) is 12.1 Å². The standard InChI is InChI=1S/C13H9F2NO4/c14-13(15)12-11(7(17)4-10(18)16-12)6-1-2-8-9(3-6)20-5-19-8/h1-4,13H,5H2,(H2,16,17,18). The van der Waals surface area contributed by atoms with E-state index in [2.05, 4.69) is 0 Å². The topological polar surface area (TPSA) is 71.6 Å². The van der Waals surface area contributed by atoms with Crippen LogP contribution in [0.3, 0.4) is 0 Å². The highest BCUT2D eigenvalue weighted by Gasteiger charge is 2.22. The molecule has 104 valence electrons. The molecule has 0 bridgehead atoms. The number of hydrogen-bond acceptors (Lipinski definition) is 4. The Balaban J connectivity index is 2.21. The number of halogens is 2. The summed E-state index contributed by atoms with van der Waals surface area (Å²) in [6.07, 6.45) is -2.92. The van der Waals surface area contributed by atoms with Crippen LogP contribution in [0.25, 0.3) is 11.1 Å². The molecule has 0 radical (unpaired) electrons. The normalized spacial score (nSPS) is 12.9. The fraction of sp³-hybridized carbons (Fsp3) is 0.154. The molecule has 5 nitrogen and oxygen atoms in total. The Hall–Kier alpha value is -2.57. The third-order valence-electron chi connectivity index (χ3n) is 2.93. The largest absolute Gasteiger partial charge is 0.507 e. The molecule has 0 aliphatic carbocycles. The van der Waals surface area contributed by atoms with Crippen LogP contribution < -0.4 is 15.0 Å². The van der Waals surface area contributed by atoms with Crippen LogP contribution in [0.5, 0.6) is 17.2 Å². The first-order valence-electron chi connectivity index (χ1n) is 5.70. The van der Waals surface area contributed by atoms with E-state index in [1.165, 1.54) is 12.1 Å². The summed E-state index contributed by atoms with van der Waals surface area (Å²) in [6, 6.07) is 5.39. The summed E-state index contributed by atoms with van der Waals surface area (Å²) in [6.45, 7) is 0.0537. The maximum absolute atomic E-state index is 13.0. The monoisotopic (exact) mass is 281 g/mol. The second-order valence-electron chi connectivity index (χ2n) is 4.18. The smallest absolute Gasteiger partial charge is 0.279 e. The first-order valence-corrected chi connectivity index (χ1v) is 5.70. The molecule has 2 heterocycles. The molecule has 1 aliphatic rings. The number of pyridine rings is 1. The van der Waals surface area contributed by atoms with Gasteiger partial charge in [-0.05, 0) is 17.7 Å². The zero-order chi connectivity index (χ0) is 14.3. The van der Waals surface area contributed by atoms with Gasteiger partial charge in [0.15, 0.2) is 11.5 Å². The maximum Gasteiger partial charge on any atom is 0.279 e. The third-order valence-corrected chi connectivity index (χ3v) is 2.93. The summed E-state index contributed by atoms with van der Waals surface area (Å²) < 4.78 is 36.3. The van der Waals surface area contributed by atoms with E-state index < -0.39 is 23.4 Å². The van der Waals surface area contributed by atoms with Crippen molar-refractivity contribution < 1.29 is 23.4 Å². The molecule has 0 fully saturated rings. The molecule has 0 atom stereocenters. The molecule has 0 saturated carbocycles. The Morgan fingerprint density at radius 2 is 1.95 bits per heavy atom. The molecular weight excluding hydrogens is 272 g/mol. The van der Waals surface area contributed by atoms with E-state index in [0.29, 0.717) is 17.1 Å². The van der Waals surface area contributed by atoms with Crippen LogP contribution in [-0.2, 0) is 0 Å². The van der Waals surface area contributed by atoms with Gasteiger partial charge < -0.3 is 19.6 Å². The molecule has 3 rings (SSSR count). The van der Waals surface area contributed by atoms with Crippen LogP contribution in [0, 0.1) is 0 Å². The zero-order valence-corrected chi connectivity index (χ0v) is 10.0. The number of aromatic nitrogens is 1. The number of benzene rings is 1. The van der Waals surface area contributed by atoms with E-state index in [9.17, 15) is 18.7 Å². The predicted octanol–water partition coefficient (Wildman–Crippen LogP) is 2.41. The number of aromatic hydroxyl groups is 1. The Morgan fingerprint density at radius 3 is 2.70 bits per heavy atom. The van der Waals surface area contributed by atoms with Gasteiger partial charge in [-0.1, -0.05) is 6.07 Å². The lowest BCUT2D eigenvalue weighted by molar-refractivity contribution is 0.146. The highest BCUT2D eigenvalue weighted by Crippen LogP contribution is 2.40. The molecule has 2 aromatic rings. The van der Waals surface area contributed by atoms with E-state index in [1.54, 1.807) is 6.07 Å². The second kappa shape index (κ2) is 4.52. The Bertz CT molecular complexity index is 727. The minimum absolute atomic E-state index is 0.0537. The molecule has 0 amide bonds. The van der Waals surface area contributed by atoms with E-state index in [1.807, 2.05) is 4.98 Å². The first-order chi connectivity index (χ1) is 9.56. The summed E-state index contributed by atoms with van der Waals surface area (Å²) >= 11 is 0. The Labute approximate surface area is 111 Å². The van der Waals surface area contributed by atoms with Crippen molar-refractivity contribution in [2.45, 2.75) is 6.43 Å². The summed E-state index contributed by atoms with van der Waals surface area (Å²) in [7, 11) is 0. The first kappa shape index (κ1) is 12.5. The van der Waals surface area contributed by atoms with E-state index >= 15 is 0 Å². The van der Waals surface area contributed by atoms with Crippen molar-refractivity contribution in [2.75, 3.05) is 6.79 Å². The molecule has 1 aromatic heterocycles. The average molecular weight is 281 g/mol. The van der Waals surface area contributed by atoms with Gasteiger partial charge in [-0.15, -0.1) is 0 Å². The van der Waals surface area contributed by atoms with Crippen LogP contribution in [0.2, 0.25) is 0 Å². The lowest BCUT2D eigenvalue weighted by Gasteiger charge is -2.11. The Kier molecular flexibility index (Phi) is 2.81. The van der Waals surface area contributed by atoms with Crippen molar-refractivity contribution in [1.82, 2.24) is 4.98 Å². The molecule has 7 heteroatoms. The fourth-order valence-corrected chi connectivity index (χ4v) is 2.08. The van der Waals surface area contributed by atoms with Gasteiger partial charge in [-0.3, -0.25) is 4.79 Å². The number of rotatable bonds is 2. The van der Waals surface area contributed by atoms with Gasteiger partial charge in [-0.2, -0.15) is 0 Å². The van der Waals surface area contributed by atoms with Gasteiger partial charge in [0.2, 0.25) is 6.79 Å².